The van der Waals surface area contributed by atoms with Crippen LogP contribution in [0.5, 0.6) is 0 Å². The lowest BCUT2D eigenvalue weighted by atomic mass is 10.0. The van der Waals surface area contributed by atoms with E-state index in [0.717, 1.165) is 0 Å². The van der Waals surface area contributed by atoms with Gasteiger partial charge in [-0.15, -0.1) is 6.58 Å². The fraction of sp³-hybridized carbons (Fsp3) is 0.200. The van der Waals surface area contributed by atoms with Gasteiger partial charge in [-0.25, -0.2) is 0 Å². The van der Waals surface area contributed by atoms with Crippen molar-refractivity contribution < 1.29 is 1.43 Å². The van der Waals surface area contributed by atoms with Gasteiger partial charge in [0.2, 0.25) is 0 Å². The molecule has 1 rings (SSSR count). The topological polar surface area (TPSA) is 0 Å². The molecule has 0 bridgehead atoms. The van der Waals surface area contributed by atoms with E-state index in [1.165, 1.54) is 5.56 Å². The third-order valence-electron chi connectivity index (χ3n) is 1.68. The first kappa shape index (κ1) is 7.07. The molecule has 0 heteroatoms. The monoisotopic (exact) mass is 134 g/mol. The Morgan fingerprint density at radius 1 is 1.40 bits per heavy atom. The zero-order valence-corrected chi connectivity index (χ0v) is 6.25. The number of hydrogen-bond acceptors (Lipinski definition) is 0. The maximum atomic E-state index is 3.74. The first-order valence-corrected chi connectivity index (χ1v) is 3.52. The molecule has 0 aromatic heterocycles. The molecule has 0 nitrogen and oxygen atoms in total. The highest BCUT2D eigenvalue weighted by atomic mass is 14.0. The van der Waals surface area contributed by atoms with Crippen molar-refractivity contribution in [2.45, 2.75) is 12.8 Å². The van der Waals surface area contributed by atoms with E-state index in [9.17, 15) is 0 Å². The van der Waals surface area contributed by atoms with Crippen LogP contribution in [-0.2, 0) is 0 Å². The van der Waals surface area contributed by atoms with E-state index in [2.05, 4.69) is 37.8 Å². The molecule has 0 radical (unpaired) electrons. The van der Waals surface area contributed by atoms with E-state index >= 15 is 0 Å². The summed E-state index contributed by atoms with van der Waals surface area (Å²) >= 11 is 0. The maximum absolute atomic E-state index is 3.74. The number of allylic oxidation sites excluding steroid dienone is 1. The molecule has 0 heterocycles. The highest BCUT2D eigenvalue weighted by Crippen LogP contribution is 2.14. The van der Waals surface area contributed by atoms with Crippen molar-refractivity contribution in [3.8, 4) is 0 Å². The maximum Gasteiger partial charge on any atom is 0 e. The first-order valence-electron chi connectivity index (χ1n) is 3.52. The SMILES string of the molecule is C=CC(C)c1ccccc1.[HH]. The minimum absolute atomic E-state index is 0. The summed E-state index contributed by atoms with van der Waals surface area (Å²) in [5.41, 5.74) is 1.33. The van der Waals surface area contributed by atoms with Crippen LogP contribution in [0.1, 0.15) is 19.8 Å². The Labute approximate surface area is 63.7 Å². The third-order valence-corrected chi connectivity index (χ3v) is 1.68. The average molecular weight is 134 g/mol. The highest BCUT2D eigenvalue weighted by Gasteiger charge is 1.96. The van der Waals surface area contributed by atoms with Gasteiger partial charge in [0.15, 0.2) is 0 Å². The summed E-state index contributed by atoms with van der Waals surface area (Å²) in [7, 11) is 0. The largest absolute Gasteiger partial charge is 0.102 e. The normalized spacial score (nSPS) is 12.5. The van der Waals surface area contributed by atoms with Crippen LogP contribution in [-0.4, -0.2) is 0 Å². The van der Waals surface area contributed by atoms with Crippen molar-refractivity contribution in [3.05, 3.63) is 48.6 Å². The Hall–Kier alpha value is -1.04. The third kappa shape index (κ3) is 1.47. The highest BCUT2D eigenvalue weighted by molar-refractivity contribution is 5.21. The number of benzene rings is 1. The van der Waals surface area contributed by atoms with Crippen LogP contribution in [0, 0.1) is 0 Å². The van der Waals surface area contributed by atoms with E-state index in [0.29, 0.717) is 5.92 Å². The lowest BCUT2D eigenvalue weighted by Crippen LogP contribution is -1.85. The van der Waals surface area contributed by atoms with E-state index in [-0.39, 0.29) is 1.43 Å². The molecule has 1 atom stereocenters. The van der Waals surface area contributed by atoms with Crippen LogP contribution in [0.4, 0.5) is 0 Å². The fourth-order valence-corrected chi connectivity index (χ4v) is 0.893. The van der Waals surface area contributed by atoms with E-state index in [1.807, 2.05) is 12.1 Å². The van der Waals surface area contributed by atoms with Gasteiger partial charge in [0.1, 0.15) is 0 Å². The summed E-state index contributed by atoms with van der Waals surface area (Å²) in [6.07, 6.45) is 1.95. The van der Waals surface area contributed by atoms with Gasteiger partial charge in [-0.3, -0.25) is 0 Å². The van der Waals surface area contributed by atoms with Crippen molar-refractivity contribution in [1.82, 2.24) is 0 Å². The molecule has 54 valence electrons. The van der Waals surface area contributed by atoms with Gasteiger partial charge in [0.25, 0.3) is 0 Å². The van der Waals surface area contributed by atoms with E-state index in [4.69, 9.17) is 0 Å². The zero-order chi connectivity index (χ0) is 7.40. The molecule has 0 aliphatic carbocycles. The van der Waals surface area contributed by atoms with Crippen molar-refractivity contribution in [2.24, 2.45) is 0 Å². The smallest absolute Gasteiger partial charge is 0 e. The molecule has 0 amide bonds. The summed E-state index contributed by atoms with van der Waals surface area (Å²) < 4.78 is 0. The van der Waals surface area contributed by atoms with Gasteiger partial charge in [0, 0.05) is 1.43 Å². The van der Waals surface area contributed by atoms with Crippen molar-refractivity contribution in [1.29, 1.82) is 0 Å². The summed E-state index contributed by atoms with van der Waals surface area (Å²) in [4.78, 5) is 0. The fourth-order valence-electron chi connectivity index (χ4n) is 0.893. The second kappa shape index (κ2) is 3.21. The molecule has 1 aromatic rings. The Morgan fingerprint density at radius 2 is 2.00 bits per heavy atom. The predicted molar refractivity (Wildman–Crippen MR) is 47.2 cm³/mol. The van der Waals surface area contributed by atoms with Gasteiger partial charge >= 0.3 is 0 Å². The molecule has 1 unspecified atom stereocenters. The molecular formula is C10H14. The molecular weight excluding hydrogens is 120 g/mol. The average Bonchev–Trinajstić information content (AvgIpc) is 2.05. The van der Waals surface area contributed by atoms with Gasteiger partial charge in [0.05, 0.1) is 0 Å². The van der Waals surface area contributed by atoms with Crippen LogP contribution >= 0.6 is 0 Å². The molecule has 0 aliphatic rings. The second-order valence-electron chi connectivity index (χ2n) is 2.44. The van der Waals surface area contributed by atoms with Crippen LogP contribution < -0.4 is 0 Å². The summed E-state index contributed by atoms with van der Waals surface area (Å²) in [5, 5.41) is 0. The predicted octanol–water partition coefficient (Wildman–Crippen LogP) is 3.22. The summed E-state index contributed by atoms with van der Waals surface area (Å²) in [6.45, 7) is 5.88. The zero-order valence-electron chi connectivity index (χ0n) is 6.25. The Balaban J connectivity index is 0.000001000. The molecule has 0 saturated carbocycles. The molecule has 0 spiro atoms. The molecule has 0 aliphatic heterocycles. The lowest BCUT2D eigenvalue weighted by molar-refractivity contribution is 0.971. The Morgan fingerprint density at radius 3 is 2.50 bits per heavy atom. The van der Waals surface area contributed by atoms with E-state index < -0.39 is 0 Å². The minimum Gasteiger partial charge on any atom is -0.102 e. The molecule has 1 aromatic carbocycles. The van der Waals surface area contributed by atoms with Gasteiger partial charge in [-0.2, -0.15) is 0 Å². The van der Waals surface area contributed by atoms with Gasteiger partial charge in [-0.05, 0) is 11.5 Å². The Kier molecular flexibility index (Phi) is 2.27. The second-order valence-corrected chi connectivity index (χ2v) is 2.44. The molecule has 10 heavy (non-hydrogen) atoms. The van der Waals surface area contributed by atoms with Gasteiger partial charge in [-0.1, -0.05) is 43.3 Å². The lowest BCUT2D eigenvalue weighted by Gasteiger charge is -2.03. The quantitative estimate of drug-likeness (QED) is 0.545. The molecule has 0 saturated heterocycles. The van der Waals surface area contributed by atoms with Crippen molar-refractivity contribution >= 4 is 0 Å². The summed E-state index contributed by atoms with van der Waals surface area (Å²) in [5.74, 6) is 0.473. The number of rotatable bonds is 2. The van der Waals surface area contributed by atoms with Gasteiger partial charge < -0.3 is 0 Å². The van der Waals surface area contributed by atoms with Crippen LogP contribution in [0.2, 0.25) is 0 Å². The standard InChI is InChI=1S/C10H12.H2/c1-3-9(2)10-7-5-4-6-8-10;/h3-9H,1H2,2H3;1H. The minimum atomic E-state index is 0. The first-order chi connectivity index (χ1) is 4.84. The van der Waals surface area contributed by atoms with Crippen LogP contribution in [0.15, 0.2) is 43.0 Å². The van der Waals surface area contributed by atoms with Crippen LogP contribution in [0.25, 0.3) is 0 Å². The molecule has 0 N–H and O–H groups in total. The Bertz CT molecular complexity index is 203. The van der Waals surface area contributed by atoms with E-state index in [1.54, 1.807) is 0 Å². The number of hydrogen-bond donors (Lipinski definition) is 0. The molecule has 0 fully saturated rings. The van der Waals surface area contributed by atoms with Crippen LogP contribution in [0.3, 0.4) is 0 Å². The van der Waals surface area contributed by atoms with Crippen molar-refractivity contribution in [2.75, 3.05) is 0 Å². The summed E-state index contributed by atoms with van der Waals surface area (Å²) in [6, 6.07) is 10.4. The van der Waals surface area contributed by atoms with Crippen molar-refractivity contribution in [3.63, 3.8) is 0 Å².